The van der Waals surface area contributed by atoms with Crippen LogP contribution in [0.25, 0.3) is 0 Å². The van der Waals surface area contributed by atoms with Crippen molar-refractivity contribution >= 4 is 11.9 Å². The second kappa shape index (κ2) is 6.83. The highest BCUT2D eigenvalue weighted by atomic mass is 19.1. The number of hydrogen-bond donors (Lipinski definition) is 0. The molecule has 0 radical (unpaired) electrons. The molecule has 1 amide bonds. The Morgan fingerprint density at radius 3 is 2.33 bits per heavy atom. The van der Waals surface area contributed by atoms with Crippen LogP contribution >= 0.6 is 0 Å². The van der Waals surface area contributed by atoms with Gasteiger partial charge in [0, 0.05) is 6.92 Å². The standard InChI is InChI=1S/C20H19FN4O2/c1-13(26)24-18(14-5-9-17(27-2)10-6-14)11-19(25-20(24)22-12-23-25)15-3-7-16(21)8-4-15/h3-10,12,18-19H,11H2,1-2H3/t18-,19-/m0/s1. The van der Waals surface area contributed by atoms with Crippen LogP contribution in [-0.4, -0.2) is 27.8 Å². The van der Waals surface area contributed by atoms with E-state index in [0.29, 0.717) is 12.4 Å². The van der Waals surface area contributed by atoms with E-state index in [-0.39, 0.29) is 23.8 Å². The first-order chi connectivity index (χ1) is 13.1. The van der Waals surface area contributed by atoms with Crippen LogP contribution in [0, 0.1) is 5.82 Å². The molecular weight excluding hydrogens is 347 g/mol. The Labute approximate surface area is 156 Å². The molecule has 3 aromatic rings. The molecule has 1 aliphatic rings. The Bertz CT molecular complexity index is 953. The van der Waals surface area contributed by atoms with E-state index in [1.54, 1.807) is 28.8 Å². The van der Waals surface area contributed by atoms with Gasteiger partial charge in [-0.05, 0) is 41.8 Å². The monoisotopic (exact) mass is 366 g/mol. The predicted molar refractivity (Wildman–Crippen MR) is 98.1 cm³/mol. The summed E-state index contributed by atoms with van der Waals surface area (Å²) in [5.74, 6) is 0.846. The van der Waals surface area contributed by atoms with Crippen LogP contribution < -0.4 is 9.64 Å². The van der Waals surface area contributed by atoms with Gasteiger partial charge in [0.05, 0.1) is 19.2 Å². The number of amides is 1. The average molecular weight is 366 g/mol. The number of carbonyl (C=O) groups excluding carboxylic acids is 1. The molecule has 27 heavy (non-hydrogen) atoms. The van der Waals surface area contributed by atoms with E-state index >= 15 is 0 Å². The van der Waals surface area contributed by atoms with Crippen molar-refractivity contribution in [3.8, 4) is 5.75 Å². The lowest BCUT2D eigenvalue weighted by Gasteiger charge is -2.38. The van der Waals surface area contributed by atoms with Crippen LogP contribution in [0.4, 0.5) is 10.3 Å². The van der Waals surface area contributed by atoms with Gasteiger partial charge in [-0.15, -0.1) is 0 Å². The van der Waals surface area contributed by atoms with Gasteiger partial charge in [0.25, 0.3) is 0 Å². The lowest BCUT2D eigenvalue weighted by molar-refractivity contribution is -0.117. The van der Waals surface area contributed by atoms with Crippen molar-refractivity contribution in [2.75, 3.05) is 12.0 Å². The number of fused-ring (bicyclic) bond motifs is 1. The molecule has 138 valence electrons. The van der Waals surface area contributed by atoms with Crippen molar-refractivity contribution < 1.29 is 13.9 Å². The number of hydrogen-bond acceptors (Lipinski definition) is 4. The second-order valence-corrected chi connectivity index (χ2v) is 6.49. The highest BCUT2D eigenvalue weighted by molar-refractivity contribution is 5.90. The summed E-state index contributed by atoms with van der Waals surface area (Å²) in [6.07, 6.45) is 2.05. The number of benzene rings is 2. The molecule has 0 bridgehead atoms. The molecule has 2 heterocycles. The minimum atomic E-state index is -0.287. The molecule has 7 heteroatoms. The van der Waals surface area contributed by atoms with Gasteiger partial charge in [0.15, 0.2) is 0 Å². The Kier molecular flexibility index (Phi) is 4.35. The van der Waals surface area contributed by atoms with Crippen molar-refractivity contribution in [3.05, 3.63) is 71.8 Å². The number of methoxy groups -OCH3 is 1. The number of halogens is 1. The molecule has 0 aliphatic carbocycles. The fraction of sp³-hybridized carbons (Fsp3) is 0.250. The molecule has 0 N–H and O–H groups in total. The molecule has 1 aromatic heterocycles. The highest BCUT2D eigenvalue weighted by Crippen LogP contribution is 2.41. The summed E-state index contributed by atoms with van der Waals surface area (Å²) in [5.41, 5.74) is 1.90. The van der Waals surface area contributed by atoms with E-state index in [2.05, 4.69) is 10.1 Å². The number of anilines is 1. The van der Waals surface area contributed by atoms with E-state index in [4.69, 9.17) is 4.74 Å². The lowest BCUT2D eigenvalue weighted by Crippen LogP contribution is -2.41. The minimum absolute atomic E-state index is 0.109. The van der Waals surface area contributed by atoms with E-state index in [0.717, 1.165) is 16.9 Å². The van der Waals surface area contributed by atoms with Crippen LogP contribution in [0.5, 0.6) is 5.75 Å². The highest BCUT2D eigenvalue weighted by Gasteiger charge is 2.38. The quantitative estimate of drug-likeness (QED) is 0.712. The van der Waals surface area contributed by atoms with Crippen molar-refractivity contribution in [3.63, 3.8) is 0 Å². The fourth-order valence-corrected chi connectivity index (χ4v) is 3.63. The molecule has 0 spiro atoms. The van der Waals surface area contributed by atoms with Crippen LogP contribution in [0.15, 0.2) is 54.9 Å². The van der Waals surface area contributed by atoms with Gasteiger partial charge in [0.2, 0.25) is 11.9 Å². The first-order valence-corrected chi connectivity index (χ1v) is 8.67. The largest absolute Gasteiger partial charge is 0.497 e. The molecule has 0 saturated carbocycles. The summed E-state index contributed by atoms with van der Waals surface area (Å²) >= 11 is 0. The summed E-state index contributed by atoms with van der Waals surface area (Å²) in [7, 11) is 1.62. The fourth-order valence-electron chi connectivity index (χ4n) is 3.63. The Balaban J connectivity index is 1.80. The third-order valence-electron chi connectivity index (χ3n) is 4.92. The van der Waals surface area contributed by atoms with Crippen LogP contribution in [0.3, 0.4) is 0 Å². The second-order valence-electron chi connectivity index (χ2n) is 6.49. The number of carbonyl (C=O) groups is 1. The van der Waals surface area contributed by atoms with E-state index < -0.39 is 0 Å². The zero-order chi connectivity index (χ0) is 19.0. The Morgan fingerprint density at radius 2 is 1.70 bits per heavy atom. The van der Waals surface area contributed by atoms with Crippen molar-refractivity contribution in [2.45, 2.75) is 25.4 Å². The molecule has 2 aromatic carbocycles. The summed E-state index contributed by atoms with van der Waals surface area (Å²) in [4.78, 5) is 18.4. The maximum Gasteiger partial charge on any atom is 0.231 e. The molecule has 0 saturated heterocycles. The first kappa shape index (κ1) is 17.2. The number of rotatable bonds is 3. The third-order valence-corrected chi connectivity index (χ3v) is 4.92. The normalized spacial score (nSPS) is 18.9. The molecule has 1 aliphatic heterocycles. The van der Waals surface area contributed by atoms with Crippen molar-refractivity contribution in [1.82, 2.24) is 14.8 Å². The summed E-state index contributed by atoms with van der Waals surface area (Å²) in [6, 6.07) is 13.7. The summed E-state index contributed by atoms with van der Waals surface area (Å²) in [6.45, 7) is 1.52. The topological polar surface area (TPSA) is 60.2 Å². The molecule has 6 nitrogen and oxygen atoms in total. The average Bonchev–Trinajstić information content (AvgIpc) is 3.17. The van der Waals surface area contributed by atoms with E-state index in [9.17, 15) is 9.18 Å². The molecule has 0 unspecified atom stereocenters. The van der Waals surface area contributed by atoms with Gasteiger partial charge in [-0.25, -0.2) is 9.07 Å². The van der Waals surface area contributed by atoms with Crippen molar-refractivity contribution in [1.29, 1.82) is 0 Å². The third kappa shape index (κ3) is 3.05. The molecule has 2 atom stereocenters. The summed E-state index contributed by atoms with van der Waals surface area (Å²) in [5, 5.41) is 4.32. The van der Waals surface area contributed by atoms with Gasteiger partial charge in [-0.2, -0.15) is 10.1 Å². The number of nitrogens with zero attached hydrogens (tertiary/aromatic N) is 4. The van der Waals surface area contributed by atoms with Crippen LogP contribution in [0.2, 0.25) is 0 Å². The summed E-state index contributed by atoms with van der Waals surface area (Å²) < 4.78 is 20.3. The van der Waals surface area contributed by atoms with Gasteiger partial charge in [-0.1, -0.05) is 24.3 Å². The zero-order valence-corrected chi connectivity index (χ0v) is 15.0. The minimum Gasteiger partial charge on any atom is -0.497 e. The number of ether oxygens (including phenoxy) is 1. The molecular formula is C20H19FN4O2. The van der Waals surface area contributed by atoms with E-state index in [1.165, 1.54) is 25.4 Å². The van der Waals surface area contributed by atoms with Gasteiger partial charge in [0.1, 0.15) is 17.9 Å². The Morgan fingerprint density at radius 1 is 1.07 bits per heavy atom. The van der Waals surface area contributed by atoms with Gasteiger partial charge in [-0.3, -0.25) is 9.69 Å². The smallest absolute Gasteiger partial charge is 0.231 e. The van der Waals surface area contributed by atoms with Gasteiger partial charge < -0.3 is 4.74 Å². The SMILES string of the molecule is COc1ccc([C@@H]2C[C@@H](c3ccc(F)cc3)n3ncnc3N2C(C)=O)cc1. The van der Waals surface area contributed by atoms with Crippen LogP contribution in [0.1, 0.15) is 36.6 Å². The van der Waals surface area contributed by atoms with Crippen molar-refractivity contribution in [2.24, 2.45) is 0 Å². The maximum absolute atomic E-state index is 13.4. The van der Waals surface area contributed by atoms with E-state index in [1.807, 2.05) is 24.3 Å². The van der Waals surface area contributed by atoms with Crippen LogP contribution in [-0.2, 0) is 4.79 Å². The zero-order valence-electron chi connectivity index (χ0n) is 15.0. The maximum atomic E-state index is 13.4. The van der Waals surface area contributed by atoms with Gasteiger partial charge >= 0.3 is 0 Å². The predicted octanol–water partition coefficient (Wildman–Crippen LogP) is 3.51. The molecule has 4 rings (SSSR count). The first-order valence-electron chi connectivity index (χ1n) is 8.67. The lowest BCUT2D eigenvalue weighted by atomic mass is 9.92. The Hall–Kier alpha value is -3.22. The number of aromatic nitrogens is 3. The molecule has 0 fully saturated rings.